The summed E-state index contributed by atoms with van der Waals surface area (Å²) < 4.78 is 1.94. The normalized spacial score (nSPS) is 17.8. The maximum atomic E-state index is 9.35. The van der Waals surface area contributed by atoms with E-state index in [1.54, 1.807) is 12.5 Å². The van der Waals surface area contributed by atoms with Gasteiger partial charge in [0, 0.05) is 56.4 Å². The number of benzene rings is 1. The Morgan fingerprint density at radius 3 is 2.50 bits per heavy atom. The van der Waals surface area contributed by atoms with Gasteiger partial charge in [0.25, 0.3) is 0 Å². The van der Waals surface area contributed by atoms with E-state index in [0.29, 0.717) is 12.3 Å². The molecular formula is C16H21N5O. The Labute approximate surface area is 130 Å². The highest BCUT2D eigenvalue weighted by molar-refractivity contribution is 6.01. The quantitative estimate of drug-likeness (QED) is 0.525. The third-order valence-electron chi connectivity index (χ3n) is 4.09. The van der Waals surface area contributed by atoms with Crippen molar-refractivity contribution in [2.75, 3.05) is 39.8 Å². The minimum absolute atomic E-state index is 0.675. The minimum atomic E-state index is 0.675. The zero-order valence-electron chi connectivity index (χ0n) is 12.8. The third kappa shape index (κ3) is 3.35. The maximum Gasteiger partial charge on any atom is 0.101 e. The van der Waals surface area contributed by atoms with Gasteiger partial charge in [-0.05, 0) is 19.2 Å². The Balaban J connectivity index is 1.69. The minimum Gasteiger partial charge on any atom is -0.411 e. The van der Waals surface area contributed by atoms with Gasteiger partial charge < -0.3 is 14.7 Å². The molecule has 1 aromatic heterocycles. The number of nitrogens with zero attached hydrogens (tertiary/aromatic N) is 5. The Morgan fingerprint density at radius 2 is 1.91 bits per heavy atom. The molecule has 0 atom stereocenters. The summed E-state index contributed by atoms with van der Waals surface area (Å²) in [5.41, 5.74) is 2.70. The average Bonchev–Trinajstić information content (AvgIpc) is 3.09. The molecule has 1 fully saturated rings. The van der Waals surface area contributed by atoms with Gasteiger partial charge in [0.15, 0.2) is 0 Å². The Bertz CT molecular complexity index is 612. The number of likely N-dealkylation sites (N-methyl/N-ethyl adjacent to an activating group) is 1. The first-order chi connectivity index (χ1) is 10.8. The molecular weight excluding hydrogens is 278 g/mol. The Morgan fingerprint density at radius 1 is 1.18 bits per heavy atom. The van der Waals surface area contributed by atoms with Crippen molar-refractivity contribution in [2.24, 2.45) is 5.16 Å². The lowest BCUT2D eigenvalue weighted by Gasteiger charge is -2.32. The summed E-state index contributed by atoms with van der Waals surface area (Å²) in [6, 6.07) is 7.99. The van der Waals surface area contributed by atoms with E-state index in [-0.39, 0.29) is 0 Å². The lowest BCUT2D eigenvalue weighted by Crippen LogP contribution is -2.46. The van der Waals surface area contributed by atoms with Crippen LogP contribution in [0.15, 0.2) is 48.1 Å². The molecule has 0 aliphatic carbocycles. The molecule has 6 nitrogen and oxygen atoms in total. The molecule has 2 aromatic rings. The average molecular weight is 299 g/mol. The molecule has 1 aliphatic heterocycles. The molecule has 0 spiro atoms. The van der Waals surface area contributed by atoms with Crippen LogP contribution in [-0.4, -0.2) is 70.0 Å². The first-order valence-electron chi connectivity index (χ1n) is 7.47. The van der Waals surface area contributed by atoms with E-state index in [1.807, 2.05) is 35.0 Å². The summed E-state index contributed by atoms with van der Waals surface area (Å²) in [7, 11) is 2.13. The topological polar surface area (TPSA) is 56.9 Å². The predicted molar refractivity (Wildman–Crippen MR) is 85.8 cm³/mol. The van der Waals surface area contributed by atoms with Crippen LogP contribution in [0.3, 0.4) is 0 Å². The van der Waals surface area contributed by atoms with Gasteiger partial charge in [-0.1, -0.05) is 17.3 Å². The largest absolute Gasteiger partial charge is 0.411 e. The molecule has 1 aliphatic rings. The van der Waals surface area contributed by atoms with Crippen molar-refractivity contribution in [3.8, 4) is 5.69 Å². The van der Waals surface area contributed by atoms with Gasteiger partial charge in [-0.3, -0.25) is 4.90 Å². The van der Waals surface area contributed by atoms with E-state index in [4.69, 9.17) is 0 Å². The number of aromatic nitrogens is 2. The van der Waals surface area contributed by atoms with Crippen LogP contribution in [0.1, 0.15) is 5.56 Å². The number of rotatable bonds is 4. The van der Waals surface area contributed by atoms with Gasteiger partial charge in [-0.15, -0.1) is 0 Å². The third-order valence-corrected chi connectivity index (χ3v) is 4.09. The molecule has 0 unspecified atom stereocenters. The molecule has 1 aromatic carbocycles. The summed E-state index contributed by atoms with van der Waals surface area (Å²) in [4.78, 5) is 8.67. The highest BCUT2D eigenvalue weighted by Crippen LogP contribution is 2.11. The van der Waals surface area contributed by atoms with E-state index in [1.165, 1.54) is 0 Å². The van der Waals surface area contributed by atoms with Crippen molar-refractivity contribution in [3.05, 3.63) is 48.5 Å². The molecule has 3 rings (SSSR count). The Hall–Kier alpha value is -2.18. The molecule has 22 heavy (non-hydrogen) atoms. The number of hydrogen-bond acceptors (Lipinski definition) is 5. The second kappa shape index (κ2) is 6.72. The second-order valence-corrected chi connectivity index (χ2v) is 5.64. The summed E-state index contributed by atoms with van der Waals surface area (Å²) in [6.45, 7) is 4.79. The van der Waals surface area contributed by atoms with Crippen LogP contribution in [0.4, 0.5) is 0 Å². The van der Waals surface area contributed by atoms with Gasteiger partial charge >= 0.3 is 0 Å². The standard InChI is InChI=1S/C16H21N5O/c1-19-8-10-20(11-9-19)12-16(18-22)14-2-4-15(5-3-14)21-7-6-17-13-21/h2-7,13,22H,8-12H2,1H3/b18-16+. The van der Waals surface area contributed by atoms with E-state index in [9.17, 15) is 5.21 Å². The first-order valence-corrected chi connectivity index (χ1v) is 7.47. The van der Waals surface area contributed by atoms with Crippen LogP contribution in [0.5, 0.6) is 0 Å². The van der Waals surface area contributed by atoms with E-state index >= 15 is 0 Å². The monoisotopic (exact) mass is 299 g/mol. The highest BCUT2D eigenvalue weighted by Gasteiger charge is 2.16. The second-order valence-electron chi connectivity index (χ2n) is 5.64. The predicted octanol–water partition coefficient (Wildman–Crippen LogP) is 1.30. The molecule has 0 saturated carbocycles. The van der Waals surface area contributed by atoms with Gasteiger partial charge in [0.2, 0.25) is 0 Å². The summed E-state index contributed by atoms with van der Waals surface area (Å²) in [5.74, 6) is 0. The lowest BCUT2D eigenvalue weighted by molar-refractivity contribution is 0.169. The lowest BCUT2D eigenvalue weighted by atomic mass is 10.1. The maximum absolute atomic E-state index is 9.35. The SMILES string of the molecule is CN1CCN(C/C(=N\O)c2ccc(-n3ccnc3)cc2)CC1. The van der Waals surface area contributed by atoms with Crippen molar-refractivity contribution in [1.29, 1.82) is 0 Å². The molecule has 6 heteroatoms. The summed E-state index contributed by atoms with van der Waals surface area (Å²) in [6.07, 6.45) is 5.42. The molecule has 0 amide bonds. The molecule has 1 N–H and O–H groups in total. The van der Waals surface area contributed by atoms with Crippen LogP contribution in [0.25, 0.3) is 5.69 Å². The van der Waals surface area contributed by atoms with Crippen LogP contribution in [-0.2, 0) is 0 Å². The van der Waals surface area contributed by atoms with Crippen molar-refractivity contribution < 1.29 is 5.21 Å². The van der Waals surface area contributed by atoms with E-state index in [0.717, 1.165) is 37.4 Å². The number of imidazole rings is 1. The fraction of sp³-hybridized carbons (Fsp3) is 0.375. The van der Waals surface area contributed by atoms with Crippen molar-refractivity contribution >= 4 is 5.71 Å². The van der Waals surface area contributed by atoms with E-state index < -0.39 is 0 Å². The smallest absolute Gasteiger partial charge is 0.101 e. The molecule has 2 heterocycles. The molecule has 0 bridgehead atoms. The molecule has 116 valence electrons. The van der Waals surface area contributed by atoms with Crippen LogP contribution >= 0.6 is 0 Å². The van der Waals surface area contributed by atoms with Crippen molar-refractivity contribution in [3.63, 3.8) is 0 Å². The summed E-state index contributed by atoms with van der Waals surface area (Å²) >= 11 is 0. The number of hydrogen-bond donors (Lipinski definition) is 1. The van der Waals surface area contributed by atoms with Crippen molar-refractivity contribution in [2.45, 2.75) is 0 Å². The molecule has 1 saturated heterocycles. The van der Waals surface area contributed by atoms with Crippen LogP contribution < -0.4 is 0 Å². The van der Waals surface area contributed by atoms with Gasteiger partial charge in [-0.2, -0.15) is 0 Å². The highest BCUT2D eigenvalue weighted by atomic mass is 16.4. The molecule has 0 radical (unpaired) electrons. The zero-order chi connectivity index (χ0) is 15.4. The summed E-state index contributed by atoms with van der Waals surface area (Å²) in [5, 5.41) is 12.9. The van der Waals surface area contributed by atoms with Crippen LogP contribution in [0.2, 0.25) is 0 Å². The van der Waals surface area contributed by atoms with E-state index in [2.05, 4.69) is 27.0 Å². The fourth-order valence-corrected chi connectivity index (χ4v) is 2.64. The van der Waals surface area contributed by atoms with Crippen LogP contribution in [0, 0.1) is 0 Å². The van der Waals surface area contributed by atoms with Gasteiger partial charge in [0.1, 0.15) is 5.71 Å². The van der Waals surface area contributed by atoms with Gasteiger partial charge in [-0.25, -0.2) is 4.98 Å². The first kappa shape index (κ1) is 14.7. The fourth-order valence-electron chi connectivity index (χ4n) is 2.64. The number of piperazine rings is 1. The Kier molecular flexibility index (Phi) is 4.50. The van der Waals surface area contributed by atoms with Gasteiger partial charge in [0.05, 0.1) is 6.33 Å². The van der Waals surface area contributed by atoms with Crippen molar-refractivity contribution in [1.82, 2.24) is 19.4 Å². The number of oxime groups is 1. The zero-order valence-corrected chi connectivity index (χ0v) is 12.8.